The topological polar surface area (TPSA) is 0 Å². The van der Waals surface area contributed by atoms with Crippen molar-refractivity contribution in [3.63, 3.8) is 0 Å². The molecule has 49 heavy (non-hydrogen) atoms. The van der Waals surface area contributed by atoms with E-state index in [0.29, 0.717) is 5.41 Å². The third kappa shape index (κ3) is 8.46. The Morgan fingerprint density at radius 3 is 1.90 bits per heavy atom. The number of rotatable bonds is 3. The molecule has 3 aliphatic carbocycles. The number of benzene rings is 3. The van der Waals surface area contributed by atoms with Crippen LogP contribution < -0.4 is 24.8 Å². The molecule has 0 nitrogen and oxygen atoms in total. The molecule has 4 aromatic rings. The molecule has 258 valence electrons. The molecule has 7 rings (SSSR count). The van der Waals surface area contributed by atoms with E-state index >= 15 is 0 Å². The second-order valence-corrected chi connectivity index (χ2v) is 16.4. The van der Waals surface area contributed by atoms with Crippen molar-refractivity contribution >= 4 is 14.9 Å². The predicted octanol–water partition coefficient (Wildman–Crippen LogP) is 5.81. The van der Waals surface area contributed by atoms with Crippen molar-refractivity contribution in [1.29, 1.82) is 0 Å². The zero-order chi connectivity index (χ0) is 34.5. The quantitative estimate of drug-likeness (QED) is 0.204. The molecule has 0 amide bonds. The number of hydrogen-bond donors (Lipinski definition) is 0. The molecular formula is C45H51Cl2FZr-2. The number of fused-ring (bicyclic) bond motifs is 5. The fourth-order valence-corrected chi connectivity index (χ4v) is 8.12. The van der Waals surface area contributed by atoms with Gasteiger partial charge in [-0.25, -0.2) is 11.6 Å². The van der Waals surface area contributed by atoms with Crippen LogP contribution in [0.15, 0.2) is 66.7 Å². The van der Waals surface area contributed by atoms with E-state index in [2.05, 4.69) is 125 Å². The summed E-state index contributed by atoms with van der Waals surface area (Å²) in [6, 6.07) is 21.0. The van der Waals surface area contributed by atoms with Gasteiger partial charge in [-0.2, -0.15) is 28.3 Å². The molecule has 0 bridgehead atoms. The Labute approximate surface area is 323 Å². The van der Waals surface area contributed by atoms with Crippen molar-refractivity contribution in [2.45, 2.75) is 112 Å². The van der Waals surface area contributed by atoms with Gasteiger partial charge < -0.3 is 24.8 Å². The Kier molecular flexibility index (Phi) is 13.1. The first-order valence-electron chi connectivity index (χ1n) is 17.2. The Balaban J connectivity index is 0.000000229. The Hall–Kier alpha value is -2.25. The molecule has 3 aliphatic rings. The van der Waals surface area contributed by atoms with E-state index in [-0.39, 0.29) is 41.5 Å². The van der Waals surface area contributed by atoms with E-state index in [4.69, 9.17) is 0 Å². The molecule has 0 aliphatic heterocycles. The smallest absolute Gasteiger partial charge is 1.00 e. The van der Waals surface area contributed by atoms with Gasteiger partial charge in [0.15, 0.2) is 0 Å². The molecule has 0 heterocycles. The summed E-state index contributed by atoms with van der Waals surface area (Å²) in [5.74, 6) is -0.170. The maximum Gasteiger partial charge on any atom is -1.00 e. The van der Waals surface area contributed by atoms with Crippen LogP contribution in [-0.4, -0.2) is 3.71 Å². The van der Waals surface area contributed by atoms with Crippen LogP contribution in [0.4, 0.5) is 4.39 Å². The first kappa shape index (κ1) is 41.2. The van der Waals surface area contributed by atoms with Crippen molar-refractivity contribution < 1.29 is 53.4 Å². The summed E-state index contributed by atoms with van der Waals surface area (Å²) in [6.07, 6.45) is 9.45. The maximum atomic E-state index is 12.2. The molecule has 0 aromatic heterocycles. The molecule has 0 radical (unpaired) electrons. The normalized spacial score (nSPS) is 15.4. The molecule has 0 atom stereocenters. The Morgan fingerprint density at radius 2 is 1.39 bits per heavy atom. The Bertz CT molecular complexity index is 1810. The summed E-state index contributed by atoms with van der Waals surface area (Å²) in [7, 11) is 0. The van der Waals surface area contributed by atoms with Crippen LogP contribution in [0.1, 0.15) is 132 Å². The minimum Gasteiger partial charge on any atom is -1.00 e. The van der Waals surface area contributed by atoms with Gasteiger partial charge in [-0.05, 0) is 58.4 Å². The second-order valence-electron chi connectivity index (χ2n) is 15.7. The van der Waals surface area contributed by atoms with Gasteiger partial charge in [0.1, 0.15) is 0 Å². The average Bonchev–Trinajstić information content (AvgIpc) is 3.72. The first-order valence-corrected chi connectivity index (χ1v) is 18.6. The predicted molar refractivity (Wildman–Crippen MR) is 198 cm³/mol. The molecule has 0 saturated carbocycles. The number of aryl methyl sites for hydroxylation is 2. The van der Waals surface area contributed by atoms with Crippen molar-refractivity contribution in [1.82, 2.24) is 0 Å². The summed E-state index contributed by atoms with van der Waals surface area (Å²) in [5.41, 5.74) is 20.5. The minimum atomic E-state index is -0.170. The van der Waals surface area contributed by atoms with Crippen molar-refractivity contribution in [2.24, 2.45) is 0 Å². The van der Waals surface area contributed by atoms with Crippen LogP contribution in [0.2, 0.25) is 0 Å². The third-order valence-corrected chi connectivity index (χ3v) is 10.9. The van der Waals surface area contributed by atoms with Crippen LogP contribution in [-0.2, 0) is 59.7 Å². The van der Waals surface area contributed by atoms with Gasteiger partial charge in [-0.3, -0.25) is 6.08 Å². The molecule has 0 saturated heterocycles. The number of allylic oxidation sites excluding steroid dienone is 4. The van der Waals surface area contributed by atoms with Gasteiger partial charge in [0.25, 0.3) is 0 Å². The molecule has 4 aromatic carbocycles. The molecule has 4 heteroatoms. The first-order chi connectivity index (χ1) is 22.0. The van der Waals surface area contributed by atoms with Crippen LogP contribution in [0.5, 0.6) is 0 Å². The van der Waals surface area contributed by atoms with Gasteiger partial charge in [-0.15, -0.1) is 11.6 Å². The van der Waals surface area contributed by atoms with Gasteiger partial charge >= 0.3 is 68.0 Å². The summed E-state index contributed by atoms with van der Waals surface area (Å²) in [6.45, 7) is 25.0. The minimum absolute atomic E-state index is 0. The third-order valence-electron chi connectivity index (χ3n) is 10.1. The van der Waals surface area contributed by atoms with E-state index in [0.717, 1.165) is 24.8 Å². The largest absolute Gasteiger partial charge is 1.00 e. The van der Waals surface area contributed by atoms with Crippen LogP contribution in [0.25, 0.3) is 22.3 Å². The molecule has 0 unspecified atom stereocenters. The van der Waals surface area contributed by atoms with Crippen LogP contribution >= 0.6 is 0 Å². The van der Waals surface area contributed by atoms with E-state index in [1.807, 2.05) is 3.71 Å². The van der Waals surface area contributed by atoms with Crippen molar-refractivity contribution in [3.05, 3.63) is 134 Å². The van der Waals surface area contributed by atoms with E-state index in [1.54, 1.807) is 12.1 Å². The number of hydrogen-bond acceptors (Lipinski definition) is 0. The fourth-order valence-electron chi connectivity index (χ4n) is 7.65. The molecule has 0 fully saturated rings. The monoisotopic (exact) mass is 770 g/mol. The van der Waals surface area contributed by atoms with Gasteiger partial charge in [0.2, 0.25) is 0 Å². The van der Waals surface area contributed by atoms with E-state index < -0.39 is 0 Å². The zero-order valence-electron chi connectivity index (χ0n) is 31.2. The SMILES string of the molecule is CC1=[C-]C(C)(C)c2cc3c(cc21)-c1cc2c(cc1C3)C(C)(C)C=C2C.CCc1cc(C(C)(C)C)c(CC)[cH-]1.Fc1ccc([CH]=[Zr+2])cc1.[Cl-].[Cl-]. The molecular weight excluding hydrogens is 722 g/mol. The zero-order valence-corrected chi connectivity index (χ0v) is 35.2. The molecule has 0 spiro atoms. The van der Waals surface area contributed by atoms with Gasteiger partial charge in [0, 0.05) is 5.41 Å². The standard InChI is InChI=1S/C25H25.C13H21.C7H5F.2ClH.Zr/c1-14-12-24(3,4)22-8-16-7-17-9-23-19(15(2)13-25(23,5)6)11-21(17)20(16)10-18(14)22;1-6-10-8-11(7-2)12(9-10)13(3,4)5;1-6-2-4-7(8)5-3-6;;;/h8-12H,7H2,1-6H3;8-9H,6-7H2,1-5H3;1-5H;2*1H;/q2*-1;;;;+2/p-2. The maximum absolute atomic E-state index is 12.2. The second kappa shape index (κ2) is 15.6. The summed E-state index contributed by atoms with van der Waals surface area (Å²) >= 11 is 1.34. The molecule has 0 N–H and O–H groups in total. The number of halogens is 3. The van der Waals surface area contributed by atoms with Crippen LogP contribution in [0, 0.1) is 11.9 Å². The Morgan fingerprint density at radius 1 is 0.816 bits per heavy atom. The summed E-state index contributed by atoms with van der Waals surface area (Å²) in [5, 5.41) is 0. The van der Waals surface area contributed by atoms with Gasteiger partial charge in [0.05, 0.1) is 0 Å². The van der Waals surface area contributed by atoms with E-state index in [1.165, 1.54) is 109 Å². The summed E-state index contributed by atoms with van der Waals surface area (Å²) in [4.78, 5) is 0. The summed E-state index contributed by atoms with van der Waals surface area (Å²) < 4.78 is 14.2. The van der Waals surface area contributed by atoms with E-state index in [9.17, 15) is 4.39 Å². The van der Waals surface area contributed by atoms with Crippen molar-refractivity contribution in [3.8, 4) is 11.1 Å². The fraction of sp³-hybridized carbons (Fsp3) is 0.378. The van der Waals surface area contributed by atoms with Crippen molar-refractivity contribution in [2.75, 3.05) is 0 Å². The average molecular weight is 773 g/mol. The van der Waals surface area contributed by atoms with Gasteiger partial charge in [-0.1, -0.05) is 111 Å². The van der Waals surface area contributed by atoms with Crippen LogP contribution in [0.3, 0.4) is 0 Å².